The number of nitrogens with one attached hydrogen (secondary N) is 1. The summed E-state index contributed by atoms with van der Waals surface area (Å²) in [5, 5.41) is 3.65. The van der Waals surface area contributed by atoms with E-state index in [4.69, 9.17) is 17.3 Å². The van der Waals surface area contributed by atoms with E-state index in [-0.39, 0.29) is 0 Å². The molecule has 0 aliphatic rings. The summed E-state index contributed by atoms with van der Waals surface area (Å²) in [5.41, 5.74) is 6.37. The Balaban J connectivity index is 2.62. The van der Waals surface area contributed by atoms with Gasteiger partial charge in [0.2, 0.25) is 0 Å². The highest BCUT2D eigenvalue weighted by Crippen LogP contribution is 2.18. The van der Waals surface area contributed by atoms with Gasteiger partial charge in [-0.05, 0) is 18.1 Å². The van der Waals surface area contributed by atoms with Crippen molar-refractivity contribution in [1.29, 1.82) is 0 Å². The minimum Gasteiger partial charge on any atom is -0.396 e. The smallest absolute Gasteiger partial charge is 0.150 e. The van der Waals surface area contributed by atoms with Crippen LogP contribution in [0, 0.1) is 5.92 Å². The second-order valence-corrected chi connectivity index (χ2v) is 3.85. The van der Waals surface area contributed by atoms with E-state index in [0.29, 0.717) is 22.6 Å². The lowest BCUT2D eigenvalue weighted by molar-refractivity contribution is 0.592. The molecular weight excluding hydrogens is 198 g/mol. The molecule has 3 N–H and O–H groups in total. The molecule has 0 saturated carbocycles. The fourth-order valence-corrected chi connectivity index (χ4v) is 1.15. The van der Waals surface area contributed by atoms with E-state index >= 15 is 0 Å². The molecule has 0 aliphatic carbocycles. The summed E-state index contributed by atoms with van der Waals surface area (Å²) in [6, 6.07) is 3.44. The third-order valence-corrected chi connectivity index (χ3v) is 2.42. The minimum absolute atomic E-state index is 0.464. The fraction of sp³-hybridized carbons (Fsp3) is 0.500. The van der Waals surface area contributed by atoms with Crippen molar-refractivity contribution in [1.82, 2.24) is 4.98 Å². The van der Waals surface area contributed by atoms with Crippen LogP contribution < -0.4 is 11.1 Å². The SMILES string of the molecule is CCC(C)CNc1nc(Cl)ccc1N. The van der Waals surface area contributed by atoms with E-state index in [1.165, 1.54) is 0 Å². The average molecular weight is 214 g/mol. The molecule has 1 rings (SSSR count). The van der Waals surface area contributed by atoms with Gasteiger partial charge in [0, 0.05) is 6.54 Å². The standard InChI is InChI=1S/C10H16ClN3/c1-3-7(2)6-13-10-8(12)4-5-9(11)14-10/h4-5,7H,3,6,12H2,1-2H3,(H,13,14). The first-order chi connectivity index (χ1) is 6.63. The van der Waals surface area contributed by atoms with Gasteiger partial charge in [0.15, 0.2) is 5.82 Å². The van der Waals surface area contributed by atoms with Crippen LogP contribution in [-0.2, 0) is 0 Å². The van der Waals surface area contributed by atoms with Crippen molar-refractivity contribution in [3.63, 3.8) is 0 Å². The number of rotatable bonds is 4. The number of hydrogen-bond donors (Lipinski definition) is 2. The topological polar surface area (TPSA) is 50.9 Å². The molecule has 0 amide bonds. The summed E-state index contributed by atoms with van der Waals surface area (Å²) in [6.07, 6.45) is 1.13. The maximum absolute atomic E-state index is 5.76. The number of anilines is 2. The third kappa shape index (κ3) is 3.07. The molecule has 0 saturated heterocycles. The summed E-state index contributed by atoms with van der Waals surface area (Å²) >= 11 is 5.76. The average Bonchev–Trinajstić information content (AvgIpc) is 2.19. The zero-order valence-corrected chi connectivity index (χ0v) is 9.30. The van der Waals surface area contributed by atoms with Gasteiger partial charge in [-0.3, -0.25) is 0 Å². The van der Waals surface area contributed by atoms with E-state index in [2.05, 4.69) is 24.1 Å². The first-order valence-corrected chi connectivity index (χ1v) is 5.17. The maximum atomic E-state index is 5.76. The van der Waals surface area contributed by atoms with Crippen LogP contribution in [0.1, 0.15) is 20.3 Å². The molecule has 4 heteroatoms. The molecule has 1 aromatic rings. The molecule has 14 heavy (non-hydrogen) atoms. The van der Waals surface area contributed by atoms with Crippen LogP contribution in [0.2, 0.25) is 5.15 Å². The fourth-order valence-electron chi connectivity index (χ4n) is 1.00. The van der Waals surface area contributed by atoms with Gasteiger partial charge in [-0.25, -0.2) is 4.98 Å². The quantitative estimate of drug-likeness (QED) is 0.757. The van der Waals surface area contributed by atoms with E-state index in [1.807, 2.05) is 0 Å². The van der Waals surface area contributed by atoms with Gasteiger partial charge in [-0.2, -0.15) is 0 Å². The van der Waals surface area contributed by atoms with Gasteiger partial charge in [0.1, 0.15) is 5.15 Å². The lowest BCUT2D eigenvalue weighted by Crippen LogP contribution is -2.12. The number of nitrogens with zero attached hydrogens (tertiary/aromatic N) is 1. The first-order valence-electron chi connectivity index (χ1n) is 4.79. The number of halogens is 1. The largest absolute Gasteiger partial charge is 0.396 e. The van der Waals surface area contributed by atoms with Gasteiger partial charge in [0.05, 0.1) is 5.69 Å². The lowest BCUT2D eigenvalue weighted by atomic mass is 10.1. The van der Waals surface area contributed by atoms with Crippen LogP contribution in [0.5, 0.6) is 0 Å². The Labute approximate surface area is 89.7 Å². The van der Waals surface area contributed by atoms with Crippen LogP contribution in [0.15, 0.2) is 12.1 Å². The summed E-state index contributed by atoms with van der Waals surface area (Å²) < 4.78 is 0. The molecule has 0 fully saturated rings. The van der Waals surface area contributed by atoms with Gasteiger partial charge in [-0.15, -0.1) is 0 Å². The minimum atomic E-state index is 0.464. The van der Waals surface area contributed by atoms with Gasteiger partial charge in [0.25, 0.3) is 0 Å². The van der Waals surface area contributed by atoms with Crippen molar-refractivity contribution in [2.75, 3.05) is 17.6 Å². The van der Waals surface area contributed by atoms with Crippen molar-refractivity contribution in [2.45, 2.75) is 20.3 Å². The second-order valence-electron chi connectivity index (χ2n) is 3.47. The van der Waals surface area contributed by atoms with Gasteiger partial charge >= 0.3 is 0 Å². The van der Waals surface area contributed by atoms with E-state index < -0.39 is 0 Å². The number of pyridine rings is 1. The maximum Gasteiger partial charge on any atom is 0.150 e. The van der Waals surface area contributed by atoms with Crippen molar-refractivity contribution in [2.24, 2.45) is 5.92 Å². The van der Waals surface area contributed by atoms with Crippen molar-refractivity contribution in [3.05, 3.63) is 17.3 Å². The molecule has 1 heterocycles. The molecule has 1 atom stereocenters. The monoisotopic (exact) mass is 213 g/mol. The van der Waals surface area contributed by atoms with Crippen LogP contribution in [-0.4, -0.2) is 11.5 Å². The van der Waals surface area contributed by atoms with E-state index in [9.17, 15) is 0 Å². The summed E-state index contributed by atoms with van der Waals surface area (Å²) in [7, 11) is 0. The number of aromatic nitrogens is 1. The molecule has 0 radical (unpaired) electrons. The molecule has 0 aromatic carbocycles. The second kappa shape index (κ2) is 5.05. The number of nitrogens with two attached hydrogens (primary N) is 1. The summed E-state index contributed by atoms with van der Waals surface area (Å²) in [6.45, 7) is 5.20. The molecule has 0 spiro atoms. The zero-order valence-electron chi connectivity index (χ0n) is 8.55. The van der Waals surface area contributed by atoms with Gasteiger partial charge < -0.3 is 11.1 Å². The highest BCUT2D eigenvalue weighted by molar-refractivity contribution is 6.29. The molecular formula is C10H16ClN3. The predicted molar refractivity (Wildman–Crippen MR) is 61.6 cm³/mol. The highest BCUT2D eigenvalue weighted by Gasteiger charge is 2.03. The molecule has 1 aromatic heterocycles. The van der Waals surface area contributed by atoms with Gasteiger partial charge in [-0.1, -0.05) is 31.9 Å². The normalized spacial score (nSPS) is 12.5. The van der Waals surface area contributed by atoms with E-state index in [1.54, 1.807) is 12.1 Å². The highest BCUT2D eigenvalue weighted by atomic mass is 35.5. The van der Waals surface area contributed by atoms with Crippen molar-refractivity contribution in [3.8, 4) is 0 Å². The predicted octanol–water partition coefficient (Wildman–Crippen LogP) is 2.78. The number of hydrogen-bond acceptors (Lipinski definition) is 3. The van der Waals surface area contributed by atoms with Crippen molar-refractivity contribution < 1.29 is 0 Å². The van der Waals surface area contributed by atoms with Crippen LogP contribution >= 0.6 is 11.6 Å². The molecule has 3 nitrogen and oxygen atoms in total. The molecule has 1 unspecified atom stereocenters. The third-order valence-electron chi connectivity index (χ3n) is 2.21. The lowest BCUT2D eigenvalue weighted by Gasteiger charge is -2.12. The van der Waals surface area contributed by atoms with Crippen molar-refractivity contribution >= 4 is 23.1 Å². The Kier molecular flexibility index (Phi) is 4.01. The molecule has 78 valence electrons. The zero-order chi connectivity index (χ0) is 10.6. The Morgan fingerprint density at radius 2 is 2.29 bits per heavy atom. The molecule has 0 aliphatic heterocycles. The first kappa shape index (κ1) is 11.1. The Morgan fingerprint density at radius 1 is 1.57 bits per heavy atom. The van der Waals surface area contributed by atoms with Crippen LogP contribution in [0.3, 0.4) is 0 Å². The summed E-state index contributed by atoms with van der Waals surface area (Å²) in [5.74, 6) is 1.29. The Bertz CT molecular complexity index is 301. The van der Waals surface area contributed by atoms with E-state index in [0.717, 1.165) is 13.0 Å². The Hall–Kier alpha value is -0.960. The molecule has 0 bridgehead atoms. The summed E-state index contributed by atoms with van der Waals surface area (Å²) in [4.78, 5) is 4.11. The Morgan fingerprint density at radius 3 is 2.93 bits per heavy atom. The van der Waals surface area contributed by atoms with Crippen LogP contribution in [0.4, 0.5) is 11.5 Å². The van der Waals surface area contributed by atoms with Crippen LogP contribution in [0.25, 0.3) is 0 Å². The number of nitrogen functional groups attached to an aromatic ring is 1.